The molecule has 1 fully saturated rings. The second-order valence-corrected chi connectivity index (χ2v) is 4.99. The molecule has 1 aliphatic heterocycles. The van der Waals surface area contributed by atoms with Crippen LogP contribution >= 0.6 is 24.0 Å². The van der Waals surface area contributed by atoms with Crippen LogP contribution in [0.3, 0.4) is 0 Å². The predicted octanol–water partition coefficient (Wildman–Crippen LogP) is 2.29. The number of nitrogens with two attached hydrogens (primary N) is 1. The number of nitrogens with zero attached hydrogens (tertiary/aromatic N) is 3. The van der Waals surface area contributed by atoms with Gasteiger partial charge in [-0.2, -0.15) is 13.2 Å². The summed E-state index contributed by atoms with van der Waals surface area (Å²) in [5.74, 6) is 0.526. The molecule has 2 N–H and O–H groups in total. The molecular formula is C12H24F3IN4. The molecule has 0 amide bonds. The highest BCUT2D eigenvalue weighted by molar-refractivity contribution is 14.0. The Morgan fingerprint density at radius 3 is 2.40 bits per heavy atom. The minimum absolute atomic E-state index is 0. The Morgan fingerprint density at radius 1 is 1.25 bits per heavy atom. The van der Waals surface area contributed by atoms with Crippen molar-refractivity contribution in [3.63, 3.8) is 0 Å². The van der Waals surface area contributed by atoms with Crippen LogP contribution in [0.1, 0.15) is 25.7 Å². The normalized spacial score (nSPS) is 17.2. The molecule has 1 rings (SSSR count). The van der Waals surface area contributed by atoms with Crippen molar-refractivity contribution in [3.8, 4) is 0 Å². The van der Waals surface area contributed by atoms with Gasteiger partial charge in [0.2, 0.25) is 0 Å². The van der Waals surface area contributed by atoms with E-state index in [0.717, 1.165) is 25.9 Å². The van der Waals surface area contributed by atoms with Gasteiger partial charge in [-0.15, -0.1) is 24.0 Å². The smallest absolute Gasteiger partial charge is 0.370 e. The number of alkyl halides is 3. The summed E-state index contributed by atoms with van der Waals surface area (Å²) in [6, 6.07) is 0. The number of guanidine groups is 1. The fraction of sp³-hybridized carbons (Fsp3) is 0.917. The third-order valence-electron chi connectivity index (χ3n) is 3.10. The minimum atomic E-state index is -4.13. The van der Waals surface area contributed by atoms with Gasteiger partial charge in [0, 0.05) is 19.6 Å². The van der Waals surface area contributed by atoms with Crippen LogP contribution in [0.25, 0.3) is 0 Å². The predicted molar refractivity (Wildman–Crippen MR) is 85.5 cm³/mol. The van der Waals surface area contributed by atoms with Gasteiger partial charge in [0.05, 0.1) is 6.54 Å². The van der Waals surface area contributed by atoms with Gasteiger partial charge in [0.15, 0.2) is 5.96 Å². The molecule has 1 heterocycles. The van der Waals surface area contributed by atoms with E-state index in [-0.39, 0.29) is 24.0 Å². The summed E-state index contributed by atoms with van der Waals surface area (Å²) >= 11 is 0. The lowest BCUT2D eigenvalue weighted by Gasteiger charge is -2.27. The van der Waals surface area contributed by atoms with Crippen molar-refractivity contribution in [1.82, 2.24) is 9.80 Å². The number of rotatable bonds is 5. The lowest BCUT2D eigenvalue weighted by molar-refractivity contribution is -0.143. The summed E-state index contributed by atoms with van der Waals surface area (Å²) in [6.07, 6.45) is -0.0624. The van der Waals surface area contributed by atoms with Crippen molar-refractivity contribution in [1.29, 1.82) is 0 Å². The van der Waals surface area contributed by atoms with E-state index in [1.54, 1.807) is 0 Å². The molecule has 0 aromatic heterocycles. The highest BCUT2D eigenvalue weighted by Crippen LogP contribution is 2.15. The number of aliphatic imine (C=N–C) groups is 1. The maximum Gasteiger partial charge on any atom is 0.401 e. The van der Waals surface area contributed by atoms with E-state index in [4.69, 9.17) is 5.73 Å². The first kappa shape index (κ1) is 19.8. The first-order chi connectivity index (χ1) is 8.88. The molecule has 0 aliphatic carbocycles. The zero-order valence-corrected chi connectivity index (χ0v) is 14.2. The summed E-state index contributed by atoms with van der Waals surface area (Å²) in [4.78, 5) is 7.53. The Morgan fingerprint density at radius 2 is 1.85 bits per heavy atom. The fourth-order valence-electron chi connectivity index (χ4n) is 2.14. The number of hydrogen-bond donors (Lipinski definition) is 1. The summed E-state index contributed by atoms with van der Waals surface area (Å²) in [5.41, 5.74) is 5.85. The van der Waals surface area contributed by atoms with E-state index in [1.807, 2.05) is 4.90 Å². The molecule has 0 radical (unpaired) electrons. The lowest BCUT2D eigenvalue weighted by Crippen LogP contribution is -2.41. The van der Waals surface area contributed by atoms with Crippen molar-refractivity contribution < 1.29 is 13.2 Å². The maximum absolute atomic E-state index is 12.1. The Balaban J connectivity index is 0.00000361. The first-order valence-corrected chi connectivity index (χ1v) is 6.68. The van der Waals surface area contributed by atoms with Gasteiger partial charge in [-0.1, -0.05) is 0 Å². The van der Waals surface area contributed by atoms with Gasteiger partial charge in [0.25, 0.3) is 0 Å². The standard InChI is InChI=1S/C12H23F3N4.HI/c1-18(10-12(13,14)15)7-5-6-17-11(16)19-8-3-2-4-9-19;/h2-10H2,1H3,(H2,16,17);1H. The number of halogens is 4. The molecule has 20 heavy (non-hydrogen) atoms. The molecule has 0 unspecified atom stereocenters. The molecule has 0 aromatic carbocycles. The number of piperidine rings is 1. The van der Waals surface area contributed by atoms with Crippen LogP contribution in [0.4, 0.5) is 13.2 Å². The molecule has 0 bridgehead atoms. The van der Waals surface area contributed by atoms with E-state index in [2.05, 4.69) is 4.99 Å². The number of likely N-dealkylation sites (tertiary alicyclic amines) is 1. The van der Waals surface area contributed by atoms with Crippen molar-refractivity contribution in [2.24, 2.45) is 10.7 Å². The molecule has 1 saturated heterocycles. The van der Waals surface area contributed by atoms with Crippen LogP contribution in [-0.2, 0) is 0 Å². The van der Waals surface area contributed by atoms with Crippen molar-refractivity contribution in [2.45, 2.75) is 31.9 Å². The summed E-state index contributed by atoms with van der Waals surface area (Å²) < 4.78 is 36.3. The quantitative estimate of drug-likeness (QED) is 0.329. The molecule has 0 saturated carbocycles. The van der Waals surface area contributed by atoms with Crippen molar-refractivity contribution >= 4 is 29.9 Å². The van der Waals surface area contributed by atoms with Gasteiger partial charge in [0.1, 0.15) is 0 Å². The fourth-order valence-corrected chi connectivity index (χ4v) is 2.14. The third kappa shape index (κ3) is 8.83. The summed E-state index contributed by atoms with van der Waals surface area (Å²) in [5, 5.41) is 0. The van der Waals surface area contributed by atoms with E-state index in [1.165, 1.54) is 18.4 Å². The van der Waals surface area contributed by atoms with Crippen molar-refractivity contribution in [2.75, 3.05) is 39.8 Å². The van der Waals surface area contributed by atoms with Crippen LogP contribution in [0, 0.1) is 0 Å². The van der Waals surface area contributed by atoms with Gasteiger partial charge < -0.3 is 10.6 Å². The average molecular weight is 408 g/mol. The Hall–Kier alpha value is -0.250. The number of hydrogen-bond acceptors (Lipinski definition) is 2. The second-order valence-electron chi connectivity index (χ2n) is 4.99. The Kier molecular flexibility index (Phi) is 9.52. The molecule has 1 aliphatic rings. The van der Waals surface area contributed by atoms with Gasteiger partial charge in [-0.3, -0.25) is 9.89 Å². The van der Waals surface area contributed by atoms with Gasteiger partial charge >= 0.3 is 6.18 Å². The topological polar surface area (TPSA) is 44.9 Å². The summed E-state index contributed by atoms with van der Waals surface area (Å²) in [7, 11) is 1.46. The SMILES string of the molecule is CN(CCCN=C(N)N1CCCCC1)CC(F)(F)F.I. The van der Waals surface area contributed by atoms with Crippen LogP contribution in [0.15, 0.2) is 4.99 Å². The van der Waals surface area contributed by atoms with E-state index >= 15 is 0 Å². The third-order valence-corrected chi connectivity index (χ3v) is 3.10. The zero-order valence-electron chi connectivity index (χ0n) is 11.8. The van der Waals surface area contributed by atoms with Gasteiger partial charge in [-0.05, 0) is 39.3 Å². The molecule has 0 spiro atoms. The second kappa shape index (κ2) is 9.64. The zero-order chi connectivity index (χ0) is 14.3. The molecule has 8 heteroatoms. The monoisotopic (exact) mass is 408 g/mol. The average Bonchev–Trinajstić information content (AvgIpc) is 2.33. The first-order valence-electron chi connectivity index (χ1n) is 6.68. The van der Waals surface area contributed by atoms with Crippen LogP contribution in [0.2, 0.25) is 0 Å². The highest BCUT2D eigenvalue weighted by Gasteiger charge is 2.28. The van der Waals surface area contributed by atoms with E-state index in [0.29, 0.717) is 25.5 Å². The largest absolute Gasteiger partial charge is 0.401 e. The van der Waals surface area contributed by atoms with Crippen LogP contribution in [-0.4, -0.2) is 61.7 Å². The molecule has 0 atom stereocenters. The maximum atomic E-state index is 12.1. The Labute approximate surface area is 135 Å². The van der Waals surface area contributed by atoms with E-state index < -0.39 is 12.7 Å². The molecular weight excluding hydrogens is 384 g/mol. The van der Waals surface area contributed by atoms with Crippen molar-refractivity contribution in [3.05, 3.63) is 0 Å². The Bertz CT molecular complexity index is 291. The molecule has 120 valence electrons. The lowest BCUT2D eigenvalue weighted by atomic mass is 10.1. The highest BCUT2D eigenvalue weighted by atomic mass is 127. The van der Waals surface area contributed by atoms with Gasteiger partial charge in [-0.25, -0.2) is 0 Å². The summed E-state index contributed by atoms with van der Waals surface area (Å²) in [6.45, 7) is 1.84. The molecule has 0 aromatic rings. The van der Waals surface area contributed by atoms with Crippen LogP contribution < -0.4 is 5.73 Å². The molecule has 4 nitrogen and oxygen atoms in total. The minimum Gasteiger partial charge on any atom is -0.370 e. The van der Waals surface area contributed by atoms with E-state index in [9.17, 15) is 13.2 Å². The van der Waals surface area contributed by atoms with Crippen LogP contribution in [0.5, 0.6) is 0 Å².